The molecule has 0 fully saturated rings. The van der Waals surface area contributed by atoms with Gasteiger partial charge in [-0.25, -0.2) is 4.39 Å². The van der Waals surface area contributed by atoms with E-state index in [-0.39, 0.29) is 5.82 Å². The lowest BCUT2D eigenvalue weighted by atomic mass is 10.0. The minimum atomic E-state index is -0.216. The molecule has 1 heterocycles. The van der Waals surface area contributed by atoms with E-state index in [1.807, 2.05) is 50.1 Å². The van der Waals surface area contributed by atoms with Crippen molar-refractivity contribution in [3.8, 4) is 5.75 Å². The van der Waals surface area contributed by atoms with Gasteiger partial charge in [-0.2, -0.15) is 0 Å². The number of nitrogens with zero attached hydrogens (tertiary/aromatic N) is 1. The molecule has 2 aromatic rings. The molecule has 0 saturated heterocycles. The number of thioether (sulfide) groups is 2. The monoisotopic (exact) mass is 407 g/mol. The summed E-state index contributed by atoms with van der Waals surface area (Å²) in [6.07, 6.45) is 5.58. The van der Waals surface area contributed by atoms with Crippen LogP contribution in [0.4, 0.5) is 15.8 Å². The Hall–Kier alpha value is -1.33. The van der Waals surface area contributed by atoms with Crippen LogP contribution in [0.2, 0.25) is 0 Å². The van der Waals surface area contributed by atoms with Gasteiger partial charge in [-0.1, -0.05) is 33.6 Å². The minimum Gasteiger partial charge on any atom is -0.507 e. The number of hydrogen-bond donors (Lipinski definition) is 1. The van der Waals surface area contributed by atoms with Crippen LogP contribution < -0.4 is 4.90 Å². The highest BCUT2D eigenvalue weighted by molar-refractivity contribution is 7.99. The Kier molecular flexibility index (Phi) is 8.84. The maximum atomic E-state index is 13.4. The number of rotatable bonds is 5. The molecule has 0 unspecified atom stereocenters. The molecule has 1 aliphatic heterocycles. The Morgan fingerprint density at radius 1 is 1.22 bits per heavy atom. The SMILES string of the molecule is CC.CCCC[C@@H]1CSc2cc(O)c(SC)cc2N(c2ccc(F)cc2)C1. The maximum absolute atomic E-state index is 13.4. The van der Waals surface area contributed by atoms with Gasteiger partial charge in [0.15, 0.2) is 0 Å². The van der Waals surface area contributed by atoms with E-state index in [2.05, 4.69) is 17.9 Å². The summed E-state index contributed by atoms with van der Waals surface area (Å²) in [5.41, 5.74) is 2.11. The normalized spacial score (nSPS) is 16.2. The van der Waals surface area contributed by atoms with Gasteiger partial charge in [0.05, 0.1) is 10.6 Å². The predicted octanol–water partition coefficient (Wildman–Crippen LogP) is 7.33. The summed E-state index contributed by atoms with van der Waals surface area (Å²) < 4.78 is 13.4. The predicted molar refractivity (Wildman–Crippen MR) is 118 cm³/mol. The smallest absolute Gasteiger partial charge is 0.130 e. The number of aromatic hydroxyl groups is 1. The van der Waals surface area contributed by atoms with E-state index in [9.17, 15) is 9.50 Å². The molecule has 2 nitrogen and oxygen atoms in total. The molecule has 0 aliphatic carbocycles. The van der Waals surface area contributed by atoms with Crippen LogP contribution in [0.3, 0.4) is 0 Å². The molecule has 3 rings (SSSR count). The number of anilines is 2. The highest BCUT2D eigenvalue weighted by Gasteiger charge is 2.25. The van der Waals surface area contributed by atoms with Crippen molar-refractivity contribution in [3.63, 3.8) is 0 Å². The lowest BCUT2D eigenvalue weighted by Gasteiger charge is -2.28. The van der Waals surface area contributed by atoms with Gasteiger partial charge in [-0.05, 0) is 55.0 Å². The summed E-state index contributed by atoms with van der Waals surface area (Å²) in [5, 5.41) is 10.3. The zero-order valence-corrected chi connectivity index (χ0v) is 18.3. The Bertz CT molecular complexity index is 721. The van der Waals surface area contributed by atoms with Crippen molar-refractivity contribution >= 4 is 34.9 Å². The van der Waals surface area contributed by atoms with Gasteiger partial charge < -0.3 is 10.0 Å². The molecule has 0 amide bonds. The first kappa shape index (κ1) is 22.0. The number of benzene rings is 2. The number of fused-ring (bicyclic) bond motifs is 1. The molecular weight excluding hydrogens is 377 g/mol. The third-order valence-corrected chi connectivity index (χ3v) is 6.61. The van der Waals surface area contributed by atoms with Gasteiger partial charge in [0, 0.05) is 22.9 Å². The molecule has 0 radical (unpaired) electrons. The molecule has 1 aliphatic rings. The molecule has 5 heteroatoms. The van der Waals surface area contributed by atoms with Crippen molar-refractivity contribution in [1.29, 1.82) is 0 Å². The van der Waals surface area contributed by atoms with Gasteiger partial charge in [-0.15, -0.1) is 23.5 Å². The van der Waals surface area contributed by atoms with E-state index in [0.717, 1.165) is 33.5 Å². The Balaban J connectivity index is 0.00000126. The third-order valence-electron chi connectivity index (χ3n) is 4.57. The molecule has 0 bridgehead atoms. The van der Waals surface area contributed by atoms with Crippen molar-refractivity contribution in [2.75, 3.05) is 23.5 Å². The lowest BCUT2D eigenvalue weighted by molar-refractivity contribution is 0.461. The van der Waals surface area contributed by atoms with Crippen LogP contribution in [0, 0.1) is 11.7 Å². The number of halogens is 1. The van der Waals surface area contributed by atoms with Crippen LogP contribution in [-0.4, -0.2) is 23.7 Å². The largest absolute Gasteiger partial charge is 0.507 e. The van der Waals surface area contributed by atoms with E-state index in [4.69, 9.17) is 0 Å². The topological polar surface area (TPSA) is 23.5 Å². The zero-order valence-electron chi connectivity index (χ0n) is 16.7. The number of hydrogen-bond acceptors (Lipinski definition) is 4. The van der Waals surface area contributed by atoms with Crippen LogP contribution in [0.15, 0.2) is 46.2 Å². The Morgan fingerprint density at radius 3 is 2.56 bits per heavy atom. The van der Waals surface area contributed by atoms with E-state index in [1.165, 1.54) is 31.4 Å². The highest BCUT2D eigenvalue weighted by atomic mass is 32.2. The molecule has 2 aromatic carbocycles. The first-order valence-electron chi connectivity index (χ1n) is 9.69. The molecule has 0 aromatic heterocycles. The summed E-state index contributed by atoms with van der Waals surface area (Å²) >= 11 is 3.36. The Morgan fingerprint density at radius 2 is 1.93 bits per heavy atom. The van der Waals surface area contributed by atoms with Gasteiger partial charge in [-0.3, -0.25) is 0 Å². The van der Waals surface area contributed by atoms with Gasteiger partial charge >= 0.3 is 0 Å². The zero-order chi connectivity index (χ0) is 19.8. The summed E-state index contributed by atoms with van der Waals surface area (Å²) in [6.45, 7) is 7.14. The van der Waals surface area contributed by atoms with Crippen LogP contribution in [0.5, 0.6) is 5.75 Å². The number of phenolic OH excluding ortho intramolecular Hbond substituents is 1. The van der Waals surface area contributed by atoms with E-state index in [0.29, 0.717) is 11.7 Å². The number of unbranched alkanes of at least 4 members (excludes halogenated alkanes) is 1. The fourth-order valence-electron chi connectivity index (χ4n) is 3.18. The van der Waals surface area contributed by atoms with Crippen LogP contribution in [-0.2, 0) is 0 Å². The van der Waals surface area contributed by atoms with Crippen LogP contribution in [0.1, 0.15) is 40.0 Å². The molecule has 148 valence electrons. The fraction of sp³-hybridized carbons (Fsp3) is 0.455. The second kappa shape index (κ2) is 10.9. The molecular formula is C22H30FNOS2. The lowest BCUT2D eigenvalue weighted by Crippen LogP contribution is -2.25. The summed E-state index contributed by atoms with van der Waals surface area (Å²) in [7, 11) is 0. The van der Waals surface area contributed by atoms with Crippen molar-refractivity contribution in [2.24, 2.45) is 5.92 Å². The second-order valence-corrected chi connectivity index (χ2v) is 8.31. The van der Waals surface area contributed by atoms with E-state index < -0.39 is 0 Å². The highest BCUT2D eigenvalue weighted by Crippen LogP contribution is 2.45. The first-order valence-corrected chi connectivity index (χ1v) is 11.9. The average Bonchev–Trinajstić information content (AvgIpc) is 2.87. The fourth-order valence-corrected chi connectivity index (χ4v) is 4.88. The minimum absolute atomic E-state index is 0.216. The molecule has 1 N–H and O–H groups in total. The second-order valence-electron chi connectivity index (χ2n) is 6.40. The van der Waals surface area contributed by atoms with Crippen molar-refractivity contribution in [2.45, 2.75) is 49.8 Å². The molecule has 27 heavy (non-hydrogen) atoms. The standard InChI is InChI=1S/C20H24FNOS2.C2H6/c1-3-4-5-14-12-22(16-8-6-15(21)7-9-16)17-10-20(24-2)18(23)11-19(17)25-13-14;1-2/h6-11,14,23H,3-5,12-13H2,1-2H3;1-2H3/t14-;/m0./s1. The molecule has 1 atom stereocenters. The van der Waals surface area contributed by atoms with Gasteiger partial charge in [0.2, 0.25) is 0 Å². The molecule has 0 saturated carbocycles. The first-order chi connectivity index (χ1) is 13.1. The maximum Gasteiger partial charge on any atom is 0.130 e. The van der Waals surface area contributed by atoms with Gasteiger partial charge in [0.25, 0.3) is 0 Å². The molecule has 0 spiro atoms. The average molecular weight is 408 g/mol. The quantitative estimate of drug-likeness (QED) is 0.524. The van der Waals surface area contributed by atoms with Crippen LogP contribution in [0.25, 0.3) is 0 Å². The summed E-state index contributed by atoms with van der Waals surface area (Å²) in [5.74, 6) is 1.74. The summed E-state index contributed by atoms with van der Waals surface area (Å²) in [4.78, 5) is 4.26. The van der Waals surface area contributed by atoms with Crippen molar-refractivity contribution in [1.82, 2.24) is 0 Å². The van der Waals surface area contributed by atoms with Crippen LogP contribution >= 0.6 is 23.5 Å². The number of phenols is 1. The van der Waals surface area contributed by atoms with E-state index in [1.54, 1.807) is 11.8 Å². The van der Waals surface area contributed by atoms with Crippen molar-refractivity contribution in [3.05, 3.63) is 42.2 Å². The Labute approximate surface area is 171 Å². The van der Waals surface area contributed by atoms with E-state index >= 15 is 0 Å². The van der Waals surface area contributed by atoms with Crippen molar-refractivity contribution < 1.29 is 9.50 Å². The van der Waals surface area contributed by atoms with Gasteiger partial charge in [0.1, 0.15) is 11.6 Å². The summed E-state index contributed by atoms with van der Waals surface area (Å²) in [6, 6.07) is 10.7. The third kappa shape index (κ3) is 5.58.